The summed E-state index contributed by atoms with van der Waals surface area (Å²) in [6.45, 7) is -0.726. The van der Waals surface area contributed by atoms with Crippen LogP contribution in [0.4, 0.5) is 10.1 Å². The molecule has 0 bridgehead atoms. The SMILES string of the molecule is N#Cc1ccc(C(=O)Nc2ccnc([C@]3(CF)CCSC(N)=N3)c2)nc1. The van der Waals surface area contributed by atoms with E-state index in [-0.39, 0.29) is 5.69 Å². The van der Waals surface area contributed by atoms with Crippen molar-refractivity contribution in [2.75, 3.05) is 17.7 Å². The number of amides is 1. The van der Waals surface area contributed by atoms with Crippen molar-refractivity contribution >= 4 is 28.5 Å². The number of pyridine rings is 2. The van der Waals surface area contributed by atoms with E-state index < -0.39 is 18.1 Å². The Balaban J connectivity index is 1.84. The van der Waals surface area contributed by atoms with E-state index >= 15 is 0 Å². The topological polar surface area (TPSA) is 117 Å². The molecule has 0 spiro atoms. The molecule has 0 aromatic carbocycles. The highest BCUT2D eigenvalue weighted by Gasteiger charge is 2.36. The molecule has 1 aliphatic rings. The molecule has 3 rings (SSSR count). The first-order valence-electron chi connectivity index (χ1n) is 7.74. The van der Waals surface area contributed by atoms with E-state index in [0.717, 1.165) is 0 Å². The fourth-order valence-corrected chi connectivity index (χ4v) is 3.41. The number of nitrogens with one attached hydrogen (secondary N) is 1. The molecule has 0 radical (unpaired) electrons. The summed E-state index contributed by atoms with van der Waals surface area (Å²) in [4.78, 5) is 24.7. The molecule has 2 aromatic heterocycles. The first-order chi connectivity index (χ1) is 12.6. The zero-order valence-corrected chi connectivity index (χ0v) is 14.5. The minimum absolute atomic E-state index is 0.166. The largest absolute Gasteiger partial charge is 0.379 e. The van der Waals surface area contributed by atoms with Gasteiger partial charge >= 0.3 is 0 Å². The molecule has 0 saturated carbocycles. The lowest BCUT2D eigenvalue weighted by Crippen LogP contribution is -2.34. The number of nitrogens with zero attached hydrogens (tertiary/aromatic N) is 4. The Morgan fingerprint density at radius 1 is 1.42 bits per heavy atom. The molecule has 0 aliphatic carbocycles. The van der Waals surface area contributed by atoms with E-state index in [1.807, 2.05) is 6.07 Å². The van der Waals surface area contributed by atoms with Crippen LogP contribution in [0.15, 0.2) is 41.7 Å². The maximum absolute atomic E-state index is 13.8. The fourth-order valence-electron chi connectivity index (χ4n) is 2.53. The van der Waals surface area contributed by atoms with Crippen LogP contribution in [0.3, 0.4) is 0 Å². The third-order valence-electron chi connectivity index (χ3n) is 3.93. The molecule has 26 heavy (non-hydrogen) atoms. The Morgan fingerprint density at radius 2 is 2.27 bits per heavy atom. The third kappa shape index (κ3) is 3.65. The summed E-state index contributed by atoms with van der Waals surface area (Å²) in [5.74, 6) is 0.204. The van der Waals surface area contributed by atoms with Gasteiger partial charge in [-0.2, -0.15) is 5.26 Å². The molecule has 0 saturated heterocycles. The molecule has 1 aliphatic heterocycles. The van der Waals surface area contributed by atoms with Gasteiger partial charge in [-0.3, -0.25) is 9.78 Å². The minimum atomic E-state index is -1.12. The molecule has 1 atom stereocenters. The summed E-state index contributed by atoms with van der Waals surface area (Å²) in [6, 6.07) is 8.10. The van der Waals surface area contributed by atoms with Gasteiger partial charge in [0.05, 0.1) is 11.3 Å². The molecule has 3 heterocycles. The number of hydrogen-bond acceptors (Lipinski definition) is 7. The Labute approximate surface area is 153 Å². The molecule has 2 aromatic rings. The highest BCUT2D eigenvalue weighted by Crippen LogP contribution is 2.35. The third-order valence-corrected chi connectivity index (χ3v) is 4.73. The lowest BCUT2D eigenvalue weighted by atomic mass is 9.93. The normalized spacial score (nSPS) is 19.3. The van der Waals surface area contributed by atoms with E-state index in [9.17, 15) is 9.18 Å². The van der Waals surface area contributed by atoms with Gasteiger partial charge in [-0.25, -0.2) is 14.4 Å². The second kappa shape index (κ2) is 7.49. The number of carbonyl (C=O) groups is 1. The van der Waals surface area contributed by atoms with Crippen LogP contribution in [0.5, 0.6) is 0 Å². The maximum Gasteiger partial charge on any atom is 0.274 e. The number of carbonyl (C=O) groups excluding carboxylic acids is 1. The van der Waals surface area contributed by atoms with Crippen molar-refractivity contribution in [2.45, 2.75) is 12.0 Å². The van der Waals surface area contributed by atoms with Crippen LogP contribution in [0, 0.1) is 11.3 Å². The first kappa shape index (κ1) is 17.8. The molecule has 1 amide bonds. The van der Waals surface area contributed by atoms with E-state index in [1.54, 1.807) is 12.1 Å². The second-order valence-corrected chi connectivity index (χ2v) is 6.76. The zero-order chi connectivity index (χ0) is 18.6. The number of alkyl halides is 1. The summed E-state index contributed by atoms with van der Waals surface area (Å²) in [5.41, 5.74) is 6.03. The molecule has 3 N–H and O–H groups in total. The quantitative estimate of drug-likeness (QED) is 0.852. The number of thioether (sulfide) groups is 1. The highest BCUT2D eigenvalue weighted by molar-refractivity contribution is 8.13. The van der Waals surface area contributed by atoms with Gasteiger partial charge in [-0.05, 0) is 30.7 Å². The van der Waals surface area contributed by atoms with Gasteiger partial charge < -0.3 is 11.1 Å². The van der Waals surface area contributed by atoms with Gasteiger partial charge in [0.25, 0.3) is 5.91 Å². The van der Waals surface area contributed by atoms with Gasteiger partial charge in [0, 0.05) is 23.8 Å². The number of amidine groups is 1. The standard InChI is InChI=1S/C17H15FN6OS/c18-10-17(4-6-26-16(20)24-17)14-7-12(3-5-21-14)23-15(25)13-2-1-11(8-19)9-22-13/h1-3,5,7,9H,4,6,10H2,(H2,20,24)(H,21,23,25)/t17-/m1/s1. The number of hydrogen-bond donors (Lipinski definition) is 2. The van der Waals surface area contributed by atoms with Crippen molar-refractivity contribution < 1.29 is 9.18 Å². The van der Waals surface area contributed by atoms with Crippen molar-refractivity contribution in [1.82, 2.24) is 9.97 Å². The summed E-state index contributed by atoms with van der Waals surface area (Å²) < 4.78 is 13.8. The maximum atomic E-state index is 13.8. The lowest BCUT2D eigenvalue weighted by Gasteiger charge is -2.30. The van der Waals surface area contributed by atoms with Crippen LogP contribution in [-0.4, -0.2) is 33.5 Å². The van der Waals surface area contributed by atoms with Crippen molar-refractivity contribution in [1.29, 1.82) is 5.26 Å². The fraction of sp³-hybridized carbons (Fsp3) is 0.235. The van der Waals surface area contributed by atoms with E-state index in [1.165, 1.54) is 36.3 Å². The van der Waals surface area contributed by atoms with Gasteiger partial charge in [-0.15, -0.1) is 0 Å². The second-order valence-electron chi connectivity index (χ2n) is 5.64. The van der Waals surface area contributed by atoms with Crippen LogP contribution in [0.2, 0.25) is 0 Å². The zero-order valence-electron chi connectivity index (χ0n) is 13.6. The number of halogens is 1. The van der Waals surface area contributed by atoms with Crippen molar-refractivity contribution in [3.05, 3.63) is 53.6 Å². The summed E-state index contributed by atoms with van der Waals surface area (Å²) in [6.07, 6.45) is 3.28. The number of aliphatic imine (C=N–C) groups is 1. The van der Waals surface area contributed by atoms with Crippen LogP contribution in [0.1, 0.15) is 28.2 Å². The molecule has 0 unspecified atom stereocenters. The highest BCUT2D eigenvalue weighted by atomic mass is 32.2. The average Bonchev–Trinajstić information content (AvgIpc) is 2.68. The monoisotopic (exact) mass is 370 g/mol. The Kier molecular flexibility index (Phi) is 5.14. The van der Waals surface area contributed by atoms with Gasteiger partial charge in [0.15, 0.2) is 5.17 Å². The molecular weight excluding hydrogens is 355 g/mol. The Hall–Kier alpha value is -2.99. The van der Waals surface area contributed by atoms with Crippen LogP contribution < -0.4 is 11.1 Å². The predicted octanol–water partition coefficient (Wildman–Crippen LogP) is 2.22. The summed E-state index contributed by atoms with van der Waals surface area (Å²) in [7, 11) is 0. The molecule has 7 nitrogen and oxygen atoms in total. The van der Waals surface area contributed by atoms with Gasteiger partial charge in [0.2, 0.25) is 0 Å². The van der Waals surface area contributed by atoms with Gasteiger partial charge in [0.1, 0.15) is 24.0 Å². The Bertz CT molecular complexity index is 895. The number of nitrogens with two attached hydrogens (primary N) is 1. The molecular formula is C17H15FN6OS. The van der Waals surface area contributed by atoms with Crippen molar-refractivity contribution in [2.24, 2.45) is 10.7 Å². The van der Waals surface area contributed by atoms with Crippen molar-refractivity contribution in [3.8, 4) is 6.07 Å². The number of anilines is 1. The number of nitriles is 1. The van der Waals surface area contributed by atoms with Crippen LogP contribution in [0.25, 0.3) is 0 Å². The lowest BCUT2D eigenvalue weighted by molar-refractivity contribution is 0.102. The van der Waals surface area contributed by atoms with E-state index in [0.29, 0.717) is 34.3 Å². The molecule has 0 fully saturated rings. The molecule has 132 valence electrons. The van der Waals surface area contributed by atoms with Crippen LogP contribution in [-0.2, 0) is 5.54 Å². The predicted molar refractivity (Wildman–Crippen MR) is 97.5 cm³/mol. The molecule has 9 heteroatoms. The number of rotatable bonds is 4. The number of aromatic nitrogens is 2. The minimum Gasteiger partial charge on any atom is -0.379 e. The Morgan fingerprint density at radius 3 is 2.92 bits per heavy atom. The first-order valence-corrected chi connectivity index (χ1v) is 8.73. The van der Waals surface area contributed by atoms with Crippen molar-refractivity contribution in [3.63, 3.8) is 0 Å². The van der Waals surface area contributed by atoms with E-state index in [2.05, 4.69) is 20.3 Å². The smallest absolute Gasteiger partial charge is 0.274 e. The van der Waals surface area contributed by atoms with E-state index in [4.69, 9.17) is 11.0 Å². The summed E-state index contributed by atoms with van der Waals surface area (Å²) >= 11 is 1.38. The summed E-state index contributed by atoms with van der Waals surface area (Å²) in [5, 5.41) is 11.8. The van der Waals surface area contributed by atoms with Gasteiger partial charge in [-0.1, -0.05) is 11.8 Å². The van der Waals surface area contributed by atoms with Crippen LogP contribution >= 0.6 is 11.8 Å². The average molecular weight is 370 g/mol.